The Hall–Kier alpha value is -2.16. The van der Waals surface area contributed by atoms with Gasteiger partial charge in [0.05, 0.1) is 0 Å². The summed E-state index contributed by atoms with van der Waals surface area (Å²) in [6.45, 7) is 1.56. The van der Waals surface area contributed by atoms with Crippen LogP contribution in [0.4, 0.5) is 5.69 Å². The fourth-order valence-corrected chi connectivity index (χ4v) is 3.87. The van der Waals surface area contributed by atoms with Crippen LogP contribution in [0.2, 0.25) is 0 Å². The minimum absolute atomic E-state index is 0.0129. The summed E-state index contributed by atoms with van der Waals surface area (Å²) in [5.74, 6) is -0.0129. The van der Waals surface area contributed by atoms with Crippen molar-refractivity contribution in [3.05, 3.63) is 65.4 Å². The molecule has 3 nitrogen and oxygen atoms in total. The molecule has 0 atom stereocenters. The Morgan fingerprint density at radius 3 is 2.52 bits per heavy atom. The van der Waals surface area contributed by atoms with Crippen molar-refractivity contribution >= 4 is 42.0 Å². The number of hydrogen-bond acceptors (Lipinski definition) is 2. The molecule has 21 heavy (non-hydrogen) atoms. The standard InChI is InChI=1S/C17H14N2OSe/c1-13(20)19(14-7-3-2-4-8-14)12-11-17-18-15-9-5-6-10-16(15)21-17/h2-12H,1H3. The second kappa shape index (κ2) is 6.08. The SMILES string of the molecule is CC(=O)N(C=Cc1nc2ccccc2[se]1)c1ccccc1. The van der Waals surface area contributed by atoms with Gasteiger partial charge in [0.15, 0.2) is 0 Å². The van der Waals surface area contributed by atoms with Crippen molar-refractivity contribution in [2.75, 3.05) is 4.90 Å². The number of anilines is 1. The Balaban J connectivity index is 1.90. The summed E-state index contributed by atoms with van der Waals surface area (Å²) >= 11 is 0.215. The van der Waals surface area contributed by atoms with E-state index in [-0.39, 0.29) is 20.4 Å². The average Bonchev–Trinajstić information content (AvgIpc) is 2.91. The van der Waals surface area contributed by atoms with Crippen LogP contribution in [-0.2, 0) is 4.79 Å². The Kier molecular flexibility index (Phi) is 4.00. The Morgan fingerprint density at radius 2 is 1.81 bits per heavy atom. The van der Waals surface area contributed by atoms with Gasteiger partial charge in [-0.1, -0.05) is 0 Å². The van der Waals surface area contributed by atoms with Gasteiger partial charge in [-0.15, -0.1) is 0 Å². The van der Waals surface area contributed by atoms with Crippen molar-refractivity contribution in [3.8, 4) is 0 Å². The first-order valence-corrected chi connectivity index (χ1v) is 8.34. The van der Waals surface area contributed by atoms with Gasteiger partial charge in [-0.05, 0) is 0 Å². The van der Waals surface area contributed by atoms with Crippen LogP contribution in [-0.4, -0.2) is 25.4 Å². The van der Waals surface area contributed by atoms with Gasteiger partial charge in [0.25, 0.3) is 0 Å². The van der Waals surface area contributed by atoms with E-state index in [0.717, 1.165) is 15.8 Å². The normalized spacial score (nSPS) is 11.1. The molecule has 0 aliphatic carbocycles. The van der Waals surface area contributed by atoms with Crippen LogP contribution in [0.1, 0.15) is 11.5 Å². The second-order valence-corrected chi connectivity index (χ2v) is 6.79. The fraction of sp³-hybridized carbons (Fsp3) is 0.0588. The fourth-order valence-electron chi connectivity index (χ4n) is 2.06. The third kappa shape index (κ3) is 3.13. The van der Waals surface area contributed by atoms with Crippen LogP contribution in [0.25, 0.3) is 15.9 Å². The quantitative estimate of drug-likeness (QED) is 0.685. The average molecular weight is 341 g/mol. The van der Waals surface area contributed by atoms with Gasteiger partial charge in [-0.3, -0.25) is 0 Å². The molecular formula is C17H14N2OSe. The predicted molar refractivity (Wildman–Crippen MR) is 87.3 cm³/mol. The van der Waals surface area contributed by atoms with Gasteiger partial charge in [-0.25, -0.2) is 0 Å². The van der Waals surface area contributed by atoms with Gasteiger partial charge in [0.2, 0.25) is 0 Å². The second-order valence-electron chi connectivity index (χ2n) is 4.56. The molecule has 1 aromatic heterocycles. The molecule has 3 rings (SSSR count). The van der Waals surface area contributed by atoms with Gasteiger partial charge in [-0.2, -0.15) is 0 Å². The molecule has 4 heteroatoms. The van der Waals surface area contributed by atoms with E-state index in [1.54, 1.807) is 11.8 Å². The zero-order chi connectivity index (χ0) is 14.7. The zero-order valence-electron chi connectivity index (χ0n) is 11.6. The van der Waals surface area contributed by atoms with E-state index in [1.807, 2.05) is 60.8 Å². The zero-order valence-corrected chi connectivity index (χ0v) is 13.3. The van der Waals surface area contributed by atoms with Crippen LogP contribution in [0, 0.1) is 0 Å². The number of para-hydroxylation sites is 2. The monoisotopic (exact) mass is 342 g/mol. The molecule has 0 fully saturated rings. The number of nitrogens with zero attached hydrogens (tertiary/aromatic N) is 2. The third-order valence-electron chi connectivity index (χ3n) is 3.05. The van der Waals surface area contributed by atoms with E-state index in [1.165, 1.54) is 4.26 Å². The third-order valence-corrected chi connectivity index (χ3v) is 5.15. The van der Waals surface area contributed by atoms with E-state index in [0.29, 0.717) is 0 Å². The molecule has 2 aromatic carbocycles. The maximum absolute atomic E-state index is 11.8. The minimum atomic E-state index is -0.0129. The van der Waals surface area contributed by atoms with Crippen LogP contribution in [0.5, 0.6) is 0 Å². The topological polar surface area (TPSA) is 33.2 Å². The van der Waals surface area contributed by atoms with Crippen LogP contribution < -0.4 is 4.90 Å². The molecule has 0 bridgehead atoms. The molecule has 1 heterocycles. The predicted octanol–water partition coefficient (Wildman–Crippen LogP) is 3.32. The molecule has 0 saturated heterocycles. The number of carbonyl (C=O) groups is 1. The summed E-state index contributed by atoms with van der Waals surface area (Å²) in [7, 11) is 0. The van der Waals surface area contributed by atoms with Crippen molar-refractivity contribution in [1.29, 1.82) is 0 Å². The van der Waals surface area contributed by atoms with Crippen molar-refractivity contribution in [3.63, 3.8) is 0 Å². The van der Waals surface area contributed by atoms with Crippen molar-refractivity contribution in [2.24, 2.45) is 0 Å². The Bertz CT molecular complexity index is 760. The summed E-state index contributed by atoms with van der Waals surface area (Å²) < 4.78 is 2.32. The first kappa shape index (κ1) is 13.8. The van der Waals surface area contributed by atoms with Crippen molar-refractivity contribution < 1.29 is 4.79 Å². The molecule has 0 aliphatic rings. The molecule has 3 aromatic rings. The summed E-state index contributed by atoms with van der Waals surface area (Å²) in [5, 5.41) is 0. The molecule has 0 unspecified atom stereocenters. The van der Waals surface area contributed by atoms with E-state index < -0.39 is 0 Å². The number of rotatable bonds is 3. The van der Waals surface area contributed by atoms with Gasteiger partial charge in [0, 0.05) is 0 Å². The first-order valence-electron chi connectivity index (χ1n) is 6.63. The van der Waals surface area contributed by atoms with Gasteiger partial charge < -0.3 is 0 Å². The molecule has 0 N–H and O–H groups in total. The molecule has 104 valence electrons. The number of benzene rings is 2. The number of hydrogen-bond donors (Lipinski definition) is 0. The van der Waals surface area contributed by atoms with Crippen LogP contribution in [0.3, 0.4) is 0 Å². The molecule has 0 aliphatic heterocycles. The molecule has 1 amide bonds. The molecular weight excluding hydrogens is 327 g/mol. The maximum atomic E-state index is 11.8. The summed E-state index contributed by atoms with van der Waals surface area (Å²) in [6, 6.07) is 17.8. The first-order chi connectivity index (χ1) is 10.2. The van der Waals surface area contributed by atoms with E-state index in [2.05, 4.69) is 11.1 Å². The van der Waals surface area contributed by atoms with E-state index in [4.69, 9.17) is 0 Å². The number of carbonyl (C=O) groups excluding carboxylic acids is 1. The van der Waals surface area contributed by atoms with Crippen molar-refractivity contribution in [2.45, 2.75) is 6.92 Å². The molecule has 0 spiro atoms. The molecule has 0 saturated carbocycles. The van der Waals surface area contributed by atoms with Crippen molar-refractivity contribution in [1.82, 2.24) is 4.98 Å². The van der Waals surface area contributed by atoms with Gasteiger partial charge in [0.1, 0.15) is 0 Å². The Morgan fingerprint density at radius 1 is 1.10 bits per heavy atom. The van der Waals surface area contributed by atoms with Crippen LogP contribution in [0.15, 0.2) is 60.8 Å². The number of aromatic nitrogens is 1. The summed E-state index contributed by atoms with van der Waals surface area (Å²) in [5.41, 5.74) is 1.91. The summed E-state index contributed by atoms with van der Waals surface area (Å²) in [6.07, 6.45) is 3.75. The van der Waals surface area contributed by atoms with E-state index >= 15 is 0 Å². The Labute approximate surface area is 129 Å². The summed E-state index contributed by atoms with van der Waals surface area (Å²) in [4.78, 5) is 18.0. The number of fused-ring (bicyclic) bond motifs is 1. The van der Waals surface area contributed by atoms with Gasteiger partial charge >= 0.3 is 129 Å². The van der Waals surface area contributed by atoms with Crippen LogP contribution >= 0.6 is 0 Å². The molecule has 0 radical (unpaired) electrons. The van der Waals surface area contributed by atoms with E-state index in [9.17, 15) is 4.79 Å². The number of amides is 1.